The van der Waals surface area contributed by atoms with Gasteiger partial charge in [0.05, 0.1) is 0 Å². The highest BCUT2D eigenvalue weighted by atomic mass is 32.2. The van der Waals surface area contributed by atoms with Crippen LogP contribution in [0, 0.1) is 27.7 Å². The largest absolute Gasteiger partial charge is 0.298 e. The number of rotatable bonds is 4. The highest BCUT2D eigenvalue weighted by Crippen LogP contribution is 2.57. The number of halogens is 2. The van der Waals surface area contributed by atoms with E-state index in [1.165, 1.54) is 52.0 Å². The van der Waals surface area contributed by atoms with Crippen molar-refractivity contribution >= 4 is 23.5 Å². The molecule has 1 aliphatic rings. The highest BCUT2D eigenvalue weighted by Gasteiger charge is 2.40. The Morgan fingerprint density at radius 3 is 1.72 bits per heavy atom. The van der Waals surface area contributed by atoms with Gasteiger partial charge in [-0.05, 0) is 49.9 Å². The van der Waals surface area contributed by atoms with Crippen molar-refractivity contribution in [3.63, 3.8) is 0 Å². The maximum Gasteiger partial charge on any atom is 0.298 e. The van der Waals surface area contributed by atoms with Gasteiger partial charge < -0.3 is 0 Å². The standard InChI is InChI=1S/C17H18S2.C15H14F2/c1-13-8-9-16(14(2)12-13)17(18-10-11-19-17)15-6-4-3-5-7-15;1-11-8-9-14(12(2)10-11)15(16,17)13-6-4-3-5-7-13/h3-9,12H,10-11H2,1-2H3;3-10H,1-2H3. The maximum absolute atomic E-state index is 14.3. The lowest BCUT2D eigenvalue weighted by molar-refractivity contribution is 0.0421. The summed E-state index contributed by atoms with van der Waals surface area (Å²) < 4.78 is 28.7. The summed E-state index contributed by atoms with van der Waals surface area (Å²) in [5.74, 6) is -0.473. The van der Waals surface area contributed by atoms with Crippen molar-refractivity contribution in [1.29, 1.82) is 0 Å². The molecule has 0 atom stereocenters. The van der Waals surface area contributed by atoms with Crippen molar-refractivity contribution in [3.8, 4) is 0 Å². The first kappa shape index (κ1) is 26.5. The number of hydrogen-bond donors (Lipinski definition) is 0. The molecule has 36 heavy (non-hydrogen) atoms. The van der Waals surface area contributed by atoms with Crippen LogP contribution >= 0.6 is 23.5 Å². The van der Waals surface area contributed by atoms with Crippen LogP contribution in [0.2, 0.25) is 0 Å². The van der Waals surface area contributed by atoms with E-state index < -0.39 is 5.92 Å². The van der Waals surface area contributed by atoms with E-state index in [1.807, 2.05) is 6.92 Å². The smallest absolute Gasteiger partial charge is 0.196 e. The molecule has 0 aromatic heterocycles. The summed E-state index contributed by atoms with van der Waals surface area (Å²) in [4.78, 5) is 0. The van der Waals surface area contributed by atoms with Gasteiger partial charge in [-0.2, -0.15) is 8.78 Å². The van der Waals surface area contributed by atoms with Crippen molar-refractivity contribution < 1.29 is 8.78 Å². The van der Waals surface area contributed by atoms with Gasteiger partial charge >= 0.3 is 0 Å². The molecular weight excluding hydrogens is 486 g/mol. The van der Waals surface area contributed by atoms with Gasteiger partial charge in [0, 0.05) is 22.6 Å². The van der Waals surface area contributed by atoms with E-state index in [4.69, 9.17) is 0 Å². The summed E-state index contributed by atoms with van der Waals surface area (Å²) in [5.41, 5.74) is 7.38. The summed E-state index contributed by atoms with van der Waals surface area (Å²) >= 11 is 4.16. The lowest BCUT2D eigenvalue weighted by Gasteiger charge is -2.30. The van der Waals surface area contributed by atoms with E-state index in [0.717, 1.165) is 5.56 Å². The Kier molecular flexibility index (Phi) is 8.27. The SMILES string of the molecule is Cc1ccc(C(F)(F)c2ccccc2)c(C)c1.Cc1ccc(C2(c3ccccc3)SCCS2)c(C)c1. The predicted molar refractivity (Wildman–Crippen MR) is 153 cm³/mol. The molecule has 0 spiro atoms. The van der Waals surface area contributed by atoms with Crippen LogP contribution in [0.15, 0.2) is 97.1 Å². The summed E-state index contributed by atoms with van der Waals surface area (Å²) in [6.07, 6.45) is 0. The molecular formula is C32H32F2S2. The van der Waals surface area contributed by atoms with E-state index in [0.29, 0.717) is 5.56 Å². The van der Waals surface area contributed by atoms with Gasteiger partial charge in [0.25, 0.3) is 5.92 Å². The fraction of sp³-hybridized carbons (Fsp3) is 0.250. The average molecular weight is 519 g/mol. The van der Waals surface area contributed by atoms with Crippen LogP contribution in [0.3, 0.4) is 0 Å². The quantitative estimate of drug-likeness (QED) is 0.264. The summed E-state index contributed by atoms with van der Waals surface area (Å²) in [7, 11) is 0. The van der Waals surface area contributed by atoms with Crippen LogP contribution in [0.1, 0.15) is 44.5 Å². The molecule has 1 aliphatic heterocycles. The summed E-state index contributed by atoms with van der Waals surface area (Å²) in [6.45, 7) is 8.03. The number of aryl methyl sites for hydroxylation is 4. The minimum atomic E-state index is -2.93. The lowest BCUT2D eigenvalue weighted by Crippen LogP contribution is -2.17. The third-order valence-electron chi connectivity index (χ3n) is 6.44. The zero-order valence-electron chi connectivity index (χ0n) is 21.2. The lowest BCUT2D eigenvalue weighted by atomic mass is 9.95. The Labute approximate surface area is 222 Å². The number of thioether (sulfide) groups is 2. The molecule has 0 N–H and O–H groups in total. The normalized spacial score (nSPS) is 14.7. The molecule has 186 valence electrons. The minimum Gasteiger partial charge on any atom is -0.196 e. The maximum atomic E-state index is 14.3. The van der Waals surface area contributed by atoms with Crippen molar-refractivity contribution in [1.82, 2.24) is 0 Å². The Morgan fingerprint density at radius 2 is 1.17 bits per heavy atom. The van der Waals surface area contributed by atoms with Crippen LogP contribution in [0.5, 0.6) is 0 Å². The molecule has 4 heteroatoms. The fourth-order valence-electron chi connectivity index (χ4n) is 4.70. The van der Waals surface area contributed by atoms with E-state index >= 15 is 0 Å². The van der Waals surface area contributed by atoms with E-state index in [2.05, 4.69) is 85.9 Å². The van der Waals surface area contributed by atoms with Gasteiger partial charge in [-0.3, -0.25) is 0 Å². The Morgan fingerprint density at radius 1 is 0.639 bits per heavy atom. The third kappa shape index (κ3) is 5.55. The van der Waals surface area contributed by atoms with E-state index in [-0.39, 0.29) is 15.2 Å². The van der Waals surface area contributed by atoms with E-state index in [9.17, 15) is 8.78 Å². The van der Waals surface area contributed by atoms with Gasteiger partial charge in [0.15, 0.2) is 0 Å². The van der Waals surface area contributed by atoms with Crippen molar-refractivity contribution in [2.45, 2.75) is 37.7 Å². The number of benzene rings is 4. The van der Waals surface area contributed by atoms with Crippen LogP contribution in [0.25, 0.3) is 0 Å². The number of hydrogen-bond acceptors (Lipinski definition) is 2. The zero-order chi connectivity index (χ0) is 25.8. The molecule has 5 rings (SSSR count). The Bertz CT molecular complexity index is 1290. The topological polar surface area (TPSA) is 0 Å². The second-order valence-electron chi connectivity index (χ2n) is 9.26. The van der Waals surface area contributed by atoms with Crippen LogP contribution in [-0.2, 0) is 10.0 Å². The molecule has 0 bridgehead atoms. The first-order valence-electron chi connectivity index (χ1n) is 12.2. The van der Waals surface area contributed by atoms with Gasteiger partial charge in [0.1, 0.15) is 4.08 Å². The third-order valence-corrected chi connectivity index (χ3v) is 9.95. The van der Waals surface area contributed by atoms with Gasteiger partial charge in [-0.15, -0.1) is 23.5 Å². The number of alkyl halides is 2. The predicted octanol–water partition coefficient (Wildman–Crippen LogP) is 9.43. The molecule has 1 heterocycles. The van der Waals surface area contributed by atoms with Crippen molar-refractivity contribution in [2.24, 2.45) is 0 Å². The van der Waals surface area contributed by atoms with Gasteiger partial charge in [0.2, 0.25) is 0 Å². The summed E-state index contributed by atoms with van der Waals surface area (Å²) in [5, 5.41) is 0. The van der Waals surface area contributed by atoms with Crippen LogP contribution in [-0.4, -0.2) is 11.5 Å². The average Bonchev–Trinajstić information content (AvgIpc) is 3.36. The highest BCUT2D eigenvalue weighted by molar-refractivity contribution is 8.20. The minimum absolute atomic E-state index is 0.0342. The monoisotopic (exact) mass is 518 g/mol. The van der Waals surface area contributed by atoms with Crippen molar-refractivity contribution in [3.05, 3.63) is 142 Å². The first-order chi connectivity index (χ1) is 17.2. The molecule has 0 unspecified atom stereocenters. The molecule has 1 saturated heterocycles. The summed E-state index contributed by atoms with van der Waals surface area (Å²) in [6, 6.07) is 30.7. The van der Waals surface area contributed by atoms with Crippen LogP contribution < -0.4 is 0 Å². The molecule has 0 saturated carbocycles. The molecule has 4 aromatic carbocycles. The second kappa shape index (κ2) is 11.2. The van der Waals surface area contributed by atoms with Gasteiger partial charge in [-0.1, -0.05) is 108 Å². The zero-order valence-corrected chi connectivity index (χ0v) is 22.9. The fourth-order valence-corrected chi connectivity index (χ4v) is 8.15. The van der Waals surface area contributed by atoms with Gasteiger partial charge in [-0.25, -0.2) is 0 Å². The molecule has 4 aromatic rings. The molecule has 0 amide bonds. The first-order valence-corrected chi connectivity index (χ1v) is 14.1. The van der Waals surface area contributed by atoms with Crippen molar-refractivity contribution in [2.75, 3.05) is 11.5 Å². The second-order valence-corrected chi connectivity index (χ2v) is 12.1. The van der Waals surface area contributed by atoms with Crippen LogP contribution in [0.4, 0.5) is 8.78 Å². The Hall–Kier alpha value is -2.56. The molecule has 0 aliphatic carbocycles. The Balaban J connectivity index is 0.000000170. The molecule has 0 nitrogen and oxygen atoms in total. The van der Waals surface area contributed by atoms with E-state index in [1.54, 1.807) is 37.3 Å². The molecule has 1 fully saturated rings. The molecule has 0 radical (unpaired) electrons.